The minimum atomic E-state index is 0.0236. The first-order chi connectivity index (χ1) is 8.08. The van der Waals surface area contributed by atoms with Gasteiger partial charge in [0.1, 0.15) is 11.5 Å². The zero-order chi connectivity index (χ0) is 13.7. The molecule has 100 valence electrons. The largest absolute Gasteiger partial charge is 0.457 e. The summed E-state index contributed by atoms with van der Waals surface area (Å²) in [6, 6.07) is 2.04. The highest BCUT2D eigenvalue weighted by atomic mass is 16.4. The lowest BCUT2D eigenvalue weighted by atomic mass is 9.91. The number of fused-ring (bicyclic) bond motifs is 1. The van der Waals surface area contributed by atoms with E-state index in [2.05, 4.69) is 48.5 Å². The van der Waals surface area contributed by atoms with E-state index in [4.69, 9.17) is 8.83 Å². The fourth-order valence-electron chi connectivity index (χ4n) is 2.37. The van der Waals surface area contributed by atoms with Gasteiger partial charge in [0.2, 0.25) is 0 Å². The summed E-state index contributed by atoms with van der Waals surface area (Å²) in [5.74, 6) is 2.04. The second-order valence-corrected chi connectivity index (χ2v) is 7.45. The molecule has 0 saturated heterocycles. The van der Waals surface area contributed by atoms with Gasteiger partial charge in [0.15, 0.2) is 11.2 Å². The molecule has 0 aliphatic carbocycles. The van der Waals surface area contributed by atoms with E-state index in [1.165, 1.54) is 0 Å². The third-order valence-corrected chi connectivity index (χ3v) is 3.03. The Balaban J connectivity index is 2.44. The van der Waals surface area contributed by atoms with Gasteiger partial charge in [-0.3, -0.25) is 0 Å². The monoisotopic (exact) mass is 248 g/mol. The molecule has 0 aliphatic rings. The van der Waals surface area contributed by atoms with Crippen molar-refractivity contribution in [3.8, 4) is 0 Å². The zero-order valence-electron chi connectivity index (χ0n) is 12.6. The van der Waals surface area contributed by atoms with Gasteiger partial charge in [-0.15, -0.1) is 0 Å². The van der Waals surface area contributed by atoms with Gasteiger partial charge in [0.25, 0.3) is 0 Å². The molecule has 0 N–H and O–H groups in total. The average Bonchev–Trinajstić information content (AvgIpc) is 2.62. The average molecular weight is 248 g/mol. The van der Waals surface area contributed by atoms with Gasteiger partial charge in [-0.25, -0.2) is 0 Å². The lowest BCUT2D eigenvalue weighted by Gasteiger charge is -2.16. The van der Waals surface area contributed by atoms with Gasteiger partial charge < -0.3 is 8.83 Å². The first kappa shape index (κ1) is 13.3. The maximum atomic E-state index is 5.96. The van der Waals surface area contributed by atoms with Crippen molar-refractivity contribution in [2.75, 3.05) is 0 Å². The predicted molar refractivity (Wildman–Crippen MR) is 75.1 cm³/mol. The third kappa shape index (κ3) is 2.47. The molecule has 0 aliphatic heterocycles. The van der Waals surface area contributed by atoms with E-state index in [-0.39, 0.29) is 10.8 Å². The van der Waals surface area contributed by atoms with E-state index >= 15 is 0 Å². The zero-order valence-corrected chi connectivity index (χ0v) is 12.6. The maximum Gasteiger partial charge on any atom is 0.175 e. The highest BCUT2D eigenvalue weighted by molar-refractivity contribution is 5.77. The summed E-state index contributed by atoms with van der Waals surface area (Å²) in [6.45, 7) is 15.2. The molecular weight excluding hydrogens is 224 g/mol. The van der Waals surface area contributed by atoms with Crippen molar-refractivity contribution in [2.24, 2.45) is 5.41 Å². The van der Waals surface area contributed by atoms with Gasteiger partial charge in [-0.05, 0) is 12.3 Å². The van der Waals surface area contributed by atoms with Crippen LogP contribution in [0.1, 0.15) is 58.6 Å². The molecular formula is C16H24O2. The molecule has 0 saturated carbocycles. The summed E-state index contributed by atoms with van der Waals surface area (Å²) in [6.07, 6.45) is 0.932. The van der Waals surface area contributed by atoms with E-state index in [1.807, 2.05) is 6.07 Å². The smallest absolute Gasteiger partial charge is 0.175 e. The molecule has 0 spiro atoms. The van der Waals surface area contributed by atoms with E-state index in [9.17, 15) is 0 Å². The van der Waals surface area contributed by atoms with Crippen LogP contribution in [0, 0.1) is 12.3 Å². The highest BCUT2D eigenvalue weighted by Crippen LogP contribution is 2.36. The molecule has 0 radical (unpaired) electrons. The van der Waals surface area contributed by atoms with Crippen molar-refractivity contribution in [1.29, 1.82) is 0 Å². The van der Waals surface area contributed by atoms with Crippen LogP contribution in [-0.2, 0) is 11.8 Å². The van der Waals surface area contributed by atoms with Gasteiger partial charge >= 0.3 is 0 Å². The molecule has 0 fully saturated rings. The molecule has 2 nitrogen and oxygen atoms in total. The molecule has 18 heavy (non-hydrogen) atoms. The maximum absolute atomic E-state index is 5.96. The molecule has 2 rings (SSSR count). The predicted octanol–water partition coefficient (Wildman–Crippen LogP) is 5.22. The molecule has 2 aromatic rings. The van der Waals surface area contributed by atoms with Gasteiger partial charge in [-0.1, -0.05) is 41.5 Å². The summed E-state index contributed by atoms with van der Waals surface area (Å²) < 4.78 is 11.9. The van der Waals surface area contributed by atoms with E-state index < -0.39 is 0 Å². The number of aryl methyl sites for hydroxylation is 1. The summed E-state index contributed by atoms with van der Waals surface area (Å²) in [5.41, 5.74) is 3.19. The Hall–Kier alpha value is -1.18. The van der Waals surface area contributed by atoms with Crippen molar-refractivity contribution >= 4 is 11.2 Å². The van der Waals surface area contributed by atoms with Crippen molar-refractivity contribution in [1.82, 2.24) is 0 Å². The summed E-state index contributed by atoms with van der Waals surface area (Å²) in [7, 11) is 0. The van der Waals surface area contributed by atoms with Crippen molar-refractivity contribution < 1.29 is 8.83 Å². The molecule has 0 amide bonds. The van der Waals surface area contributed by atoms with Crippen molar-refractivity contribution in [3.63, 3.8) is 0 Å². The molecule has 2 heteroatoms. The first-order valence-electron chi connectivity index (χ1n) is 6.60. The fraction of sp³-hybridized carbons (Fsp3) is 0.625. The van der Waals surface area contributed by atoms with Crippen molar-refractivity contribution in [2.45, 2.75) is 60.3 Å². The van der Waals surface area contributed by atoms with Crippen LogP contribution in [0.2, 0.25) is 0 Å². The van der Waals surface area contributed by atoms with Crippen molar-refractivity contribution in [3.05, 3.63) is 23.2 Å². The van der Waals surface area contributed by atoms with Crippen LogP contribution < -0.4 is 0 Å². The summed E-state index contributed by atoms with van der Waals surface area (Å²) in [5, 5.41) is 0. The van der Waals surface area contributed by atoms with E-state index in [1.54, 1.807) is 0 Å². The number of rotatable bonds is 1. The van der Waals surface area contributed by atoms with Crippen LogP contribution in [0.4, 0.5) is 0 Å². The van der Waals surface area contributed by atoms with Gasteiger partial charge in [0.05, 0.1) is 0 Å². The topological polar surface area (TPSA) is 26.3 Å². The van der Waals surface area contributed by atoms with Crippen LogP contribution in [0.25, 0.3) is 11.2 Å². The quantitative estimate of drug-likeness (QED) is 0.691. The number of furan rings is 2. The van der Waals surface area contributed by atoms with Gasteiger partial charge in [-0.2, -0.15) is 0 Å². The van der Waals surface area contributed by atoms with Crippen LogP contribution in [0.15, 0.2) is 14.9 Å². The minimum Gasteiger partial charge on any atom is -0.457 e. The van der Waals surface area contributed by atoms with Crippen LogP contribution in [0.3, 0.4) is 0 Å². The van der Waals surface area contributed by atoms with Crippen LogP contribution in [-0.4, -0.2) is 0 Å². The Morgan fingerprint density at radius 1 is 1.00 bits per heavy atom. The highest BCUT2D eigenvalue weighted by Gasteiger charge is 2.26. The number of hydrogen-bond donors (Lipinski definition) is 0. The van der Waals surface area contributed by atoms with Crippen LogP contribution in [0.5, 0.6) is 0 Å². The Morgan fingerprint density at radius 3 is 2.06 bits per heavy atom. The Morgan fingerprint density at radius 2 is 1.61 bits per heavy atom. The molecule has 2 heterocycles. The van der Waals surface area contributed by atoms with E-state index in [0.717, 1.165) is 34.7 Å². The van der Waals surface area contributed by atoms with Gasteiger partial charge in [0, 0.05) is 23.5 Å². The number of hydrogen-bond acceptors (Lipinski definition) is 2. The third-order valence-electron chi connectivity index (χ3n) is 3.03. The second-order valence-electron chi connectivity index (χ2n) is 7.45. The lowest BCUT2D eigenvalue weighted by Crippen LogP contribution is -2.11. The second kappa shape index (κ2) is 3.91. The first-order valence-corrected chi connectivity index (χ1v) is 6.60. The van der Waals surface area contributed by atoms with E-state index in [0.29, 0.717) is 0 Å². The SMILES string of the molecule is Cc1c(C(C)(C)C)oc2cc(CC(C)(C)C)oc12. The Labute approximate surface area is 109 Å². The summed E-state index contributed by atoms with van der Waals surface area (Å²) in [4.78, 5) is 0. The standard InChI is InChI=1S/C16H24O2/c1-10-13-12(18-14(10)16(5,6)7)8-11(17-13)9-15(2,3)4/h8H,9H2,1-7H3. The Kier molecular flexibility index (Phi) is 2.88. The minimum absolute atomic E-state index is 0.0236. The Bertz CT molecular complexity index is 556. The van der Waals surface area contributed by atoms with Crippen LogP contribution >= 0.6 is 0 Å². The molecule has 0 atom stereocenters. The normalized spacial score (nSPS) is 13.5. The lowest BCUT2D eigenvalue weighted by molar-refractivity contribution is 0.370. The summed E-state index contributed by atoms with van der Waals surface area (Å²) >= 11 is 0. The molecule has 0 aromatic carbocycles. The molecule has 0 bridgehead atoms. The molecule has 0 unspecified atom stereocenters. The molecule has 2 aromatic heterocycles. The fourth-order valence-corrected chi connectivity index (χ4v) is 2.37.